The Bertz CT molecular complexity index is 1010. The summed E-state index contributed by atoms with van der Waals surface area (Å²) in [4.78, 5) is 43.5. The van der Waals surface area contributed by atoms with Crippen LogP contribution in [0.2, 0.25) is 0 Å². The highest BCUT2D eigenvalue weighted by atomic mass is 32.2. The molecule has 0 saturated heterocycles. The summed E-state index contributed by atoms with van der Waals surface area (Å²) in [7, 11) is 0. The molecule has 0 spiro atoms. The lowest BCUT2D eigenvalue weighted by atomic mass is 10.2. The monoisotopic (exact) mass is 397 g/mol. The van der Waals surface area contributed by atoms with Crippen LogP contribution in [0.5, 0.6) is 0 Å². The Morgan fingerprint density at radius 1 is 1.32 bits per heavy atom. The molecule has 2 aromatic rings. The van der Waals surface area contributed by atoms with E-state index >= 15 is 0 Å². The van der Waals surface area contributed by atoms with E-state index in [-0.39, 0.29) is 22.6 Å². The number of carbonyl (C=O) groups excluding carboxylic acids is 3. The first-order chi connectivity index (χ1) is 13.4. The summed E-state index contributed by atoms with van der Waals surface area (Å²) in [6, 6.07) is 10.2. The van der Waals surface area contributed by atoms with Crippen LogP contribution >= 0.6 is 11.8 Å². The van der Waals surface area contributed by atoms with E-state index < -0.39 is 23.4 Å². The molecule has 0 fully saturated rings. The number of carbonyl (C=O) groups is 3. The topological polar surface area (TPSA) is 137 Å². The summed E-state index contributed by atoms with van der Waals surface area (Å²) in [5.74, 6) is -2.36. The summed E-state index contributed by atoms with van der Waals surface area (Å²) < 4.78 is 4.91. The van der Waals surface area contributed by atoms with E-state index in [4.69, 9.17) is 9.83 Å². The Morgan fingerprint density at radius 3 is 2.82 bits per heavy atom. The maximum Gasteiger partial charge on any atom is 0.313 e. The maximum absolute atomic E-state index is 12.1. The lowest BCUT2D eigenvalue weighted by Gasteiger charge is -2.14. The van der Waals surface area contributed by atoms with Crippen LogP contribution in [0.4, 0.5) is 5.69 Å². The fraction of sp³-hybridized carbons (Fsp3) is 0.111. The number of aryl methyl sites for hydroxylation is 1. The molecule has 142 valence electrons. The van der Waals surface area contributed by atoms with E-state index in [0.717, 1.165) is 17.3 Å². The molecule has 10 heteroatoms. The van der Waals surface area contributed by atoms with Crippen molar-refractivity contribution in [3.63, 3.8) is 0 Å². The number of hydrogen-bond donors (Lipinski definition) is 3. The van der Waals surface area contributed by atoms with Crippen LogP contribution in [0.3, 0.4) is 0 Å². The summed E-state index contributed by atoms with van der Waals surface area (Å²) >= 11 is 0.962. The number of nitrogens with zero attached hydrogens (tertiary/aromatic N) is 2. The van der Waals surface area contributed by atoms with Crippen LogP contribution in [0.15, 0.2) is 57.1 Å². The Morgan fingerprint density at radius 2 is 2.14 bits per heavy atom. The first-order valence-electron chi connectivity index (χ1n) is 8.07. The summed E-state index contributed by atoms with van der Waals surface area (Å²) in [5.41, 5.74) is 1.26. The molecule has 1 aliphatic rings. The van der Waals surface area contributed by atoms with E-state index in [2.05, 4.69) is 20.6 Å². The minimum absolute atomic E-state index is 0.0157. The van der Waals surface area contributed by atoms with Gasteiger partial charge in [0, 0.05) is 5.69 Å². The quantitative estimate of drug-likeness (QED) is 0.725. The SMILES string of the molecule is Cc1cccc(NC(=O)CSC2=NC(=N)C(=NC(=O)c3ccco3)C(=O)N2)c1. The number of amidine groups is 2. The van der Waals surface area contributed by atoms with Gasteiger partial charge in [-0.05, 0) is 36.8 Å². The molecule has 3 N–H and O–H groups in total. The predicted octanol–water partition coefficient (Wildman–Crippen LogP) is 2.00. The molecule has 0 aliphatic carbocycles. The number of hydrogen-bond acceptors (Lipinski definition) is 6. The van der Waals surface area contributed by atoms with Gasteiger partial charge < -0.3 is 9.73 Å². The number of thioether (sulfide) groups is 1. The van der Waals surface area contributed by atoms with E-state index in [1.165, 1.54) is 18.4 Å². The van der Waals surface area contributed by atoms with Crippen LogP contribution in [0.25, 0.3) is 0 Å². The number of amides is 3. The van der Waals surface area contributed by atoms with E-state index in [1.54, 1.807) is 6.07 Å². The molecular weight excluding hydrogens is 382 g/mol. The lowest BCUT2D eigenvalue weighted by Crippen LogP contribution is -2.43. The van der Waals surface area contributed by atoms with E-state index in [9.17, 15) is 14.4 Å². The van der Waals surface area contributed by atoms with Crippen LogP contribution in [0, 0.1) is 12.3 Å². The predicted molar refractivity (Wildman–Crippen MR) is 106 cm³/mol. The highest BCUT2D eigenvalue weighted by Crippen LogP contribution is 2.12. The number of benzene rings is 1. The van der Waals surface area contributed by atoms with Gasteiger partial charge in [-0.1, -0.05) is 23.9 Å². The van der Waals surface area contributed by atoms with Gasteiger partial charge in [0.25, 0.3) is 5.91 Å². The molecule has 0 bridgehead atoms. The van der Waals surface area contributed by atoms with Gasteiger partial charge in [-0.3, -0.25) is 25.1 Å². The fourth-order valence-corrected chi connectivity index (χ4v) is 2.89. The average Bonchev–Trinajstić information content (AvgIpc) is 3.18. The van der Waals surface area contributed by atoms with Crippen molar-refractivity contribution in [1.29, 1.82) is 5.41 Å². The minimum Gasteiger partial charge on any atom is -0.459 e. The largest absolute Gasteiger partial charge is 0.459 e. The van der Waals surface area contributed by atoms with Gasteiger partial charge in [0.1, 0.15) is 0 Å². The minimum atomic E-state index is -0.788. The highest BCUT2D eigenvalue weighted by Gasteiger charge is 2.26. The van der Waals surface area contributed by atoms with Crippen molar-refractivity contribution >= 4 is 51.9 Å². The molecule has 1 aliphatic heterocycles. The van der Waals surface area contributed by atoms with Gasteiger partial charge in [0.05, 0.1) is 12.0 Å². The molecule has 0 saturated carbocycles. The second kappa shape index (κ2) is 8.44. The lowest BCUT2D eigenvalue weighted by molar-refractivity contribution is -0.114. The zero-order chi connectivity index (χ0) is 20.1. The first-order valence-corrected chi connectivity index (χ1v) is 9.06. The Hall–Kier alpha value is -3.53. The van der Waals surface area contributed by atoms with Crippen molar-refractivity contribution in [3.8, 4) is 0 Å². The zero-order valence-electron chi connectivity index (χ0n) is 14.7. The summed E-state index contributed by atoms with van der Waals surface area (Å²) in [6.45, 7) is 1.91. The van der Waals surface area contributed by atoms with Gasteiger partial charge in [0.2, 0.25) is 5.91 Å². The zero-order valence-corrected chi connectivity index (χ0v) is 15.5. The average molecular weight is 397 g/mol. The molecule has 0 unspecified atom stereocenters. The van der Waals surface area contributed by atoms with Crippen molar-refractivity contribution in [2.75, 3.05) is 11.1 Å². The number of anilines is 1. The molecule has 1 aromatic carbocycles. The number of rotatable bonds is 4. The molecule has 3 amide bonds. The third kappa shape index (κ3) is 4.80. The Labute approximate surface area is 163 Å². The van der Waals surface area contributed by atoms with Crippen molar-refractivity contribution in [2.24, 2.45) is 9.98 Å². The van der Waals surface area contributed by atoms with Crippen LogP contribution < -0.4 is 10.6 Å². The third-order valence-electron chi connectivity index (χ3n) is 3.46. The second-order valence-corrected chi connectivity index (χ2v) is 6.63. The summed E-state index contributed by atoms with van der Waals surface area (Å²) in [6.07, 6.45) is 1.30. The van der Waals surface area contributed by atoms with Gasteiger partial charge in [-0.25, -0.2) is 4.99 Å². The fourth-order valence-electron chi connectivity index (χ4n) is 2.23. The van der Waals surface area contributed by atoms with Gasteiger partial charge in [-0.2, -0.15) is 4.99 Å². The molecule has 28 heavy (non-hydrogen) atoms. The molecule has 0 radical (unpaired) electrons. The van der Waals surface area contributed by atoms with Crippen molar-refractivity contribution in [3.05, 3.63) is 54.0 Å². The third-order valence-corrected chi connectivity index (χ3v) is 4.33. The smallest absolute Gasteiger partial charge is 0.313 e. The molecule has 9 nitrogen and oxygen atoms in total. The van der Waals surface area contributed by atoms with Crippen molar-refractivity contribution in [2.45, 2.75) is 6.92 Å². The van der Waals surface area contributed by atoms with Gasteiger partial charge in [0.15, 0.2) is 22.5 Å². The molecule has 1 aromatic heterocycles. The number of furan rings is 1. The number of nitrogens with one attached hydrogen (secondary N) is 3. The van der Waals surface area contributed by atoms with Gasteiger partial charge in [-0.15, -0.1) is 0 Å². The molecule has 3 rings (SSSR count). The van der Waals surface area contributed by atoms with E-state index in [1.807, 2.05) is 25.1 Å². The summed E-state index contributed by atoms with van der Waals surface area (Å²) in [5, 5.41) is 13.1. The normalized spacial score (nSPS) is 15.2. The highest BCUT2D eigenvalue weighted by molar-refractivity contribution is 8.14. The standard InChI is InChI=1S/C18H15N5O4S/c1-10-4-2-5-11(8-10)20-13(24)9-28-18-22-15(19)14(17(26)23-18)21-16(25)12-6-3-7-27-12/h2-8H,9H2,1H3,(H,20,24)(H2,19,22,23,26). The van der Waals surface area contributed by atoms with Crippen LogP contribution in [0.1, 0.15) is 16.1 Å². The Balaban J connectivity index is 1.60. The molecule has 0 atom stereocenters. The van der Waals surface area contributed by atoms with Crippen LogP contribution in [-0.2, 0) is 9.59 Å². The molecule has 2 heterocycles. The van der Waals surface area contributed by atoms with Crippen LogP contribution in [-0.4, -0.2) is 40.2 Å². The van der Waals surface area contributed by atoms with Gasteiger partial charge >= 0.3 is 5.91 Å². The Kier molecular flexibility index (Phi) is 5.80. The van der Waals surface area contributed by atoms with E-state index in [0.29, 0.717) is 5.69 Å². The van der Waals surface area contributed by atoms with Crippen molar-refractivity contribution < 1.29 is 18.8 Å². The molecular formula is C18H15N5O4S. The number of aliphatic imine (C=N–C) groups is 2. The second-order valence-electron chi connectivity index (χ2n) is 5.67. The maximum atomic E-state index is 12.1. The van der Waals surface area contributed by atoms with Crippen molar-refractivity contribution in [1.82, 2.24) is 5.32 Å². The first kappa shape index (κ1) is 19.2.